The first kappa shape index (κ1) is 18.7. The van der Waals surface area contributed by atoms with Gasteiger partial charge in [-0.25, -0.2) is 9.78 Å². The van der Waals surface area contributed by atoms with E-state index in [0.717, 1.165) is 48.3 Å². The summed E-state index contributed by atoms with van der Waals surface area (Å²) >= 11 is 0. The van der Waals surface area contributed by atoms with Gasteiger partial charge in [0.25, 0.3) is 0 Å². The summed E-state index contributed by atoms with van der Waals surface area (Å²) in [5.74, 6) is -0.578. The monoisotopic (exact) mass is 431 g/mol. The number of nitrogens with zero attached hydrogens (tertiary/aromatic N) is 2. The van der Waals surface area contributed by atoms with E-state index in [9.17, 15) is 9.90 Å². The Bertz CT molecular complexity index is 1300. The molecule has 0 radical (unpaired) electrons. The Hall–Kier alpha value is -2.90. The van der Waals surface area contributed by atoms with Gasteiger partial charge in [0.1, 0.15) is 12.7 Å². The third-order valence-corrected chi connectivity index (χ3v) is 7.88. The van der Waals surface area contributed by atoms with Gasteiger partial charge in [0.15, 0.2) is 11.8 Å². The average molecular weight is 431 g/mol. The third-order valence-electron chi connectivity index (χ3n) is 7.88. The van der Waals surface area contributed by atoms with Crippen LogP contribution in [-0.4, -0.2) is 52.5 Å². The molecule has 1 aromatic carbocycles. The largest absolute Gasteiger partial charge is 0.459 e. The van der Waals surface area contributed by atoms with Gasteiger partial charge in [0, 0.05) is 41.4 Å². The van der Waals surface area contributed by atoms with E-state index in [0.29, 0.717) is 5.57 Å². The van der Waals surface area contributed by atoms with E-state index in [1.165, 1.54) is 27.8 Å². The number of aryl methyl sites for hydroxylation is 2. The summed E-state index contributed by atoms with van der Waals surface area (Å²) in [5.41, 5.74) is 7.97. The number of benzene rings is 1. The number of aromatic nitrogens is 1. The first-order valence-corrected chi connectivity index (χ1v) is 11.5. The van der Waals surface area contributed by atoms with Crippen LogP contribution in [0.2, 0.25) is 0 Å². The number of ether oxygens (including phenoxy) is 2. The van der Waals surface area contributed by atoms with Gasteiger partial charge in [-0.2, -0.15) is 0 Å². The summed E-state index contributed by atoms with van der Waals surface area (Å²) in [6, 6.07) is 4.22. The van der Waals surface area contributed by atoms with Crippen molar-refractivity contribution < 1.29 is 19.4 Å². The van der Waals surface area contributed by atoms with Crippen molar-refractivity contribution >= 4 is 28.3 Å². The zero-order valence-corrected chi connectivity index (χ0v) is 18.2. The number of rotatable bonds is 2. The number of esters is 1. The van der Waals surface area contributed by atoms with Crippen LogP contribution in [0.1, 0.15) is 42.1 Å². The number of aliphatic hydroxyl groups is 1. The molecule has 32 heavy (non-hydrogen) atoms. The maximum absolute atomic E-state index is 12.5. The molecule has 7 heteroatoms. The summed E-state index contributed by atoms with van der Waals surface area (Å²) < 4.78 is 11.4. The highest BCUT2D eigenvalue weighted by molar-refractivity contribution is 5.95. The van der Waals surface area contributed by atoms with Crippen molar-refractivity contribution in [2.24, 2.45) is 0 Å². The van der Waals surface area contributed by atoms with Crippen LogP contribution in [-0.2, 0) is 33.7 Å². The lowest BCUT2D eigenvalue weighted by atomic mass is 9.83. The fourth-order valence-corrected chi connectivity index (χ4v) is 6.14. The van der Waals surface area contributed by atoms with Gasteiger partial charge in [-0.1, -0.05) is 6.92 Å². The molecule has 2 unspecified atom stereocenters. The summed E-state index contributed by atoms with van der Waals surface area (Å²) in [4.78, 5) is 19.9. The summed E-state index contributed by atoms with van der Waals surface area (Å²) in [6.07, 6.45) is 5.20. The Labute approximate surface area is 185 Å². The van der Waals surface area contributed by atoms with E-state index in [1.54, 1.807) is 0 Å². The van der Waals surface area contributed by atoms with Crippen molar-refractivity contribution in [3.8, 4) is 0 Å². The number of carbonyl (C=O) groups excluding carboxylic acids is 1. The predicted octanol–water partition coefficient (Wildman–Crippen LogP) is 2.65. The first-order chi connectivity index (χ1) is 15.5. The Morgan fingerprint density at radius 2 is 2.12 bits per heavy atom. The molecule has 0 amide bonds. The molecule has 1 aliphatic carbocycles. The van der Waals surface area contributed by atoms with E-state index in [1.807, 2.05) is 20.0 Å². The molecule has 2 aromatic rings. The first-order valence-electron chi connectivity index (χ1n) is 11.5. The minimum Gasteiger partial charge on any atom is -0.459 e. The van der Waals surface area contributed by atoms with E-state index in [2.05, 4.69) is 22.3 Å². The van der Waals surface area contributed by atoms with Crippen molar-refractivity contribution in [3.05, 3.63) is 51.7 Å². The van der Waals surface area contributed by atoms with Crippen molar-refractivity contribution in [2.45, 2.75) is 57.1 Å². The molecule has 7 nitrogen and oxygen atoms in total. The number of epoxide rings is 1. The molecule has 1 saturated heterocycles. The lowest BCUT2D eigenvalue weighted by molar-refractivity contribution is -0.162. The SMILES string of the molecule is CC[C@@]1(O)C(=O)OCC2=C1C=C1c3nc4ccc(NC)c5c4c(c3CN1C1OC21)CCC5. The van der Waals surface area contributed by atoms with Crippen LogP contribution < -0.4 is 5.32 Å². The van der Waals surface area contributed by atoms with Crippen LogP contribution >= 0.6 is 0 Å². The fourth-order valence-electron chi connectivity index (χ4n) is 6.14. The summed E-state index contributed by atoms with van der Waals surface area (Å²) in [6.45, 7) is 2.72. The summed E-state index contributed by atoms with van der Waals surface area (Å²) in [7, 11) is 1.97. The van der Waals surface area contributed by atoms with E-state index in [-0.39, 0.29) is 25.4 Å². The molecule has 3 atom stereocenters. The normalized spacial score (nSPS) is 29.5. The van der Waals surface area contributed by atoms with Crippen LogP contribution in [0.4, 0.5) is 5.69 Å². The Balaban J connectivity index is 1.48. The maximum atomic E-state index is 12.5. The minimum absolute atomic E-state index is 0.105. The molecule has 164 valence electrons. The number of carbonyl (C=O) groups is 1. The number of fused-ring (bicyclic) bond motifs is 7. The minimum atomic E-state index is -1.64. The molecule has 0 bridgehead atoms. The molecule has 0 saturated carbocycles. The molecule has 2 N–H and O–H groups in total. The standard InChI is InChI=1S/C25H25N3O4/c1-3-25(30)16-9-19-21-14(10-28(19)23-22(32-23)15(16)11-31-24(25)29)12-5-4-6-13-17(26-2)7-8-18(27-21)20(12)13/h7-9,22-23,26,30H,3-6,10-11H2,1-2H3/t22?,23?,25-/m0/s1. The lowest BCUT2D eigenvalue weighted by Crippen LogP contribution is -2.46. The topological polar surface area (TPSA) is 87.2 Å². The quantitative estimate of drug-likeness (QED) is 0.558. The van der Waals surface area contributed by atoms with Gasteiger partial charge in [-0.3, -0.25) is 0 Å². The number of nitrogens with one attached hydrogen (secondary N) is 1. The Morgan fingerprint density at radius 1 is 1.28 bits per heavy atom. The number of hydrogen-bond acceptors (Lipinski definition) is 7. The summed E-state index contributed by atoms with van der Waals surface area (Å²) in [5, 5.41) is 15.9. The molecule has 5 heterocycles. The number of cyclic esters (lactones) is 1. The van der Waals surface area contributed by atoms with Crippen LogP contribution in [0.25, 0.3) is 16.6 Å². The lowest BCUT2D eigenvalue weighted by Gasteiger charge is -2.32. The molecule has 4 aliphatic heterocycles. The maximum Gasteiger partial charge on any atom is 0.343 e. The van der Waals surface area contributed by atoms with Crippen LogP contribution in [0, 0.1) is 0 Å². The van der Waals surface area contributed by atoms with Gasteiger partial charge in [-0.15, -0.1) is 0 Å². The predicted molar refractivity (Wildman–Crippen MR) is 119 cm³/mol. The second kappa shape index (κ2) is 6.11. The van der Waals surface area contributed by atoms with E-state index < -0.39 is 11.6 Å². The second-order valence-electron chi connectivity index (χ2n) is 9.34. The highest BCUT2D eigenvalue weighted by atomic mass is 16.6. The van der Waals surface area contributed by atoms with Crippen molar-refractivity contribution in [1.29, 1.82) is 0 Å². The Kier molecular flexibility index (Phi) is 3.56. The zero-order valence-electron chi connectivity index (χ0n) is 18.2. The second-order valence-corrected chi connectivity index (χ2v) is 9.34. The number of pyridine rings is 1. The van der Waals surface area contributed by atoms with Gasteiger partial charge in [-0.05, 0) is 55.0 Å². The van der Waals surface area contributed by atoms with E-state index in [4.69, 9.17) is 14.5 Å². The van der Waals surface area contributed by atoms with Crippen molar-refractivity contribution in [3.63, 3.8) is 0 Å². The van der Waals surface area contributed by atoms with Gasteiger partial charge in [0.05, 0.1) is 16.9 Å². The molecule has 1 aromatic heterocycles. The molecule has 5 aliphatic rings. The zero-order chi connectivity index (χ0) is 21.8. The number of hydrogen-bond donors (Lipinski definition) is 2. The molecular formula is C25H25N3O4. The Morgan fingerprint density at radius 3 is 2.94 bits per heavy atom. The molecule has 0 spiro atoms. The van der Waals surface area contributed by atoms with Gasteiger partial charge < -0.3 is 24.8 Å². The molecule has 7 rings (SSSR count). The van der Waals surface area contributed by atoms with Gasteiger partial charge >= 0.3 is 5.97 Å². The van der Waals surface area contributed by atoms with E-state index >= 15 is 0 Å². The van der Waals surface area contributed by atoms with Crippen LogP contribution in [0.15, 0.2) is 29.4 Å². The van der Waals surface area contributed by atoms with Gasteiger partial charge in [0.2, 0.25) is 0 Å². The highest BCUT2D eigenvalue weighted by Gasteiger charge is 2.57. The van der Waals surface area contributed by atoms with Crippen molar-refractivity contribution in [2.75, 3.05) is 19.0 Å². The smallest absolute Gasteiger partial charge is 0.343 e. The van der Waals surface area contributed by atoms with Crippen LogP contribution in [0.5, 0.6) is 0 Å². The molecular weight excluding hydrogens is 406 g/mol. The third kappa shape index (κ3) is 2.18. The van der Waals surface area contributed by atoms with Crippen molar-refractivity contribution in [1.82, 2.24) is 9.88 Å². The number of anilines is 1. The van der Waals surface area contributed by atoms with Crippen LogP contribution in [0.3, 0.4) is 0 Å². The fraction of sp³-hybridized carbons (Fsp3) is 0.440. The molecule has 1 fully saturated rings. The highest BCUT2D eigenvalue weighted by Crippen LogP contribution is 2.51. The average Bonchev–Trinajstić information content (AvgIpc) is 3.54.